The largest absolute Gasteiger partial charge is 0.422 e. The summed E-state index contributed by atoms with van der Waals surface area (Å²) >= 11 is 0. The van der Waals surface area contributed by atoms with Gasteiger partial charge in [-0.15, -0.1) is 0 Å². The first-order valence-corrected chi connectivity index (χ1v) is 20.0. The average Bonchev–Trinajstić information content (AvgIpc) is 1.75. The summed E-state index contributed by atoms with van der Waals surface area (Å²) in [6.45, 7) is 22.1. The van der Waals surface area contributed by atoms with E-state index in [2.05, 4.69) is 58.9 Å². The van der Waals surface area contributed by atoms with Crippen molar-refractivity contribution in [3.8, 4) is 0 Å². The molecular formula is C10H29OSi4. The first-order chi connectivity index (χ1) is 6.34. The molecule has 0 fully saturated rings. The van der Waals surface area contributed by atoms with Gasteiger partial charge in [-0.05, 0) is 19.6 Å². The lowest BCUT2D eigenvalue weighted by molar-refractivity contribution is 0.380. The topological polar surface area (TPSA) is 9.23 Å². The highest BCUT2D eigenvalue weighted by molar-refractivity contribution is 7.60. The second-order valence-electron chi connectivity index (χ2n) is 7.38. The second kappa shape index (κ2) is 4.99. The molecule has 15 heavy (non-hydrogen) atoms. The van der Waals surface area contributed by atoms with Gasteiger partial charge in [0, 0.05) is 21.4 Å². The molecule has 0 aromatic rings. The monoisotopic (exact) mass is 277 g/mol. The third kappa shape index (κ3) is 6.88. The molecule has 0 rings (SSSR count). The summed E-state index contributed by atoms with van der Waals surface area (Å²) in [7, 11) is -3.45. The van der Waals surface area contributed by atoms with Gasteiger partial charge in [-0.2, -0.15) is 0 Å². The predicted octanol–water partition coefficient (Wildman–Crippen LogP) is 3.71. The maximum absolute atomic E-state index is 6.20. The molecule has 0 saturated carbocycles. The lowest BCUT2D eigenvalue weighted by atomic mass is 11.7. The molecule has 0 amide bonds. The van der Waals surface area contributed by atoms with Gasteiger partial charge in [-0.25, -0.2) is 0 Å². The normalized spacial score (nSPS) is 14.8. The molecule has 0 aliphatic rings. The van der Waals surface area contributed by atoms with Crippen LogP contribution in [0, 0.1) is 0 Å². The molecule has 0 aliphatic heterocycles. The van der Waals surface area contributed by atoms with E-state index in [1.54, 1.807) is 0 Å². The van der Waals surface area contributed by atoms with Crippen LogP contribution in [0.5, 0.6) is 0 Å². The van der Waals surface area contributed by atoms with Gasteiger partial charge in [0.15, 0.2) is 8.32 Å². The van der Waals surface area contributed by atoms with E-state index in [1.807, 2.05) is 0 Å². The number of rotatable bonds is 5. The third-order valence-corrected chi connectivity index (χ3v) is 33.0. The van der Waals surface area contributed by atoms with E-state index in [0.717, 1.165) is 6.23 Å². The Morgan fingerprint density at radius 1 is 0.733 bits per heavy atom. The van der Waals surface area contributed by atoms with E-state index in [9.17, 15) is 0 Å². The summed E-state index contributed by atoms with van der Waals surface area (Å²) < 4.78 is 6.20. The second-order valence-corrected chi connectivity index (χ2v) is 36.3. The van der Waals surface area contributed by atoms with Crippen molar-refractivity contribution < 1.29 is 4.43 Å². The SMILES string of the molecule is C[Si](C)(C)OC[Si]([Si](C)(C)C)[Si](C)(C)C. The Labute approximate surface area is 101 Å². The van der Waals surface area contributed by atoms with Crippen LogP contribution in [0.3, 0.4) is 0 Å². The van der Waals surface area contributed by atoms with Gasteiger partial charge in [0.25, 0.3) is 0 Å². The summed E-state index contributed by atoms with van der Waals surface area (Å²) in [5.41, 5.74) is 0. The smallest absolute Gasteiger partial charge is 0.183 e. The minimum Gasteiger partial charge on any atom is -0.422 e. The Morgan fingerprint density at radius 3 is 1.27 bits per heavy atom. The highest BCUT2D eigenvalue weighted by Crippen LogP contribution is 2.19. The van der Waals surface area contributed by atoms with Crippen molar-refractivity contribution in [2.75, 3.05) is 6.23 Å². The maximum Gasteiger partial charge on any atom is 0.183 e. The van der Waals surface area contributed by atoms with Crippen molar-refractivity contribution in [3.63, 3.8) is 0 Å². The quantitative estimate of drug-likeness (QED) is 0.696. The molecule has 1 nitrogen and oxygen atoms in total. The van der Waals surface area contributed by atoms with Crippen molar-refractivity contribution in [3.05, 3.63) is 0 Å². The fraction of sp³-hybridized carbons (Fsp3) is 1.00. The highest BCUT2D eigenvalue weighted by Gasteiger charge is 2.39. The molecule has 5 heteroatoms. The fourth-order valence-corrected chi connectivity index (χ4v) is 38.2. The molecule has 0 unspecified atom stereocenters. The van der Waals surface area contributed by atoms with Crippen LogP contribution in [0.2, 0.25) is 58.9 Å². The Balaban J connectivity index is 4.56. The first-order valence-electron chi connectivity index (χ1n) is 5.85. The van der Waals surface area contributed by atoms with E-state index in [4.69, 9.17) is 4.43 Å². The highest BCUT2D eigenvalue weighted by atomic mass is 29.6. The molecular weight excluding hydrogens is 248 g/mol. The molecule has 0 saturated heterocycles. The molecule has 0 aliphatic carbocycles. The molecule has 1 radical (unpaired) electrons. The lowest BCUT2D eigenvalue weighted by Crippen LogP contribution is -2.62. The maximum atomic E-state index is 6.20. The summed E-state index contributed by atoms with van der Waals surface area (Å²) in [5.74, 6) is 0. The van der Waals surface area contributed by atoms with Crippen LogP contribution in [0.1, 0.15) is 0 Å². The van der Waals surface area contributed by atoms with Crippen molar-refractivity contribution in [1.29, 1.82) is 0 Å². The van der Waals surface area contributed by atoms with Gasteiger partial charge in [0.05, 0.1) is 7.83 Å². The summed E-state index contributed by atoms with van der Waals surface area (Å²) in [6, 6.07) is 0. The summed E-state index contributed by atoms with van der Waals surface area (Å²) in [4.78, 5) is 0. The lowest BCUT2D eigenvalue weighted by Gasteiger charge is -2.38. The van der Waals surface area contributed by atoms with E-state index in [-0.39, 0.29) is 7.83 Å². The molecule has 0 heterocycles. The molecule has 91 valence electrons. The van der Waals surface area contributed by atoms with Crippen LogP contribution < -0.4 is 0 Å². The number of hydrogen-bond acceptors (Lipinski definition) is 1. The van der Waals surface area contributed by atoms with E-state index >= 15 is 0 Å². The van der Waals surface area contributed by atoms with Gasteiger partial charge >= 0.3 is 0 Å². The van der Waals surface area contributed by atoms with Crippen LogP contribution in [0.25, 0.3) is 0 Å². The minimum atomic E-state index is -1.31. The Kier molecular flexibility index (Phi) is 5.27. The van der Waals surface area contributed by atoms with Crippen molar-refractivity contribution in [2.24, 2.45) is 0 Å². The molecule has 0 aromatic heterocycles. The van der Waals surface area contributed by atoms with E-state index in [0.29, 0.717) is 0 Å². The van der Waals surface area contributed by atoms with Crippen molar-refractivity contribution in [2.45, 2.75) is 58.9 Å². The van der Waals surface area contributed by atoms with Gasteiger partial charge in [-0.3, -0.25) is 0 Å². The zero-order valence-corrected chi connectivity index (χ0v) is 16.1. The van der Waals surface area contributed by atoms with Gasteiger partial charge in [-0.1, -0.05) is 39.3 Å². The van der Waals surface area contributed by atoms with Crippen LogP contribution >= 0.6 is 0 Å². The van der Waals surface area contributed by atoms with Gasteiger partial charge in [0.1, 0.15) is 0 Å². The summed E-state index contributed by atoms with van der Waals surface area (Å²) in [5, 5.41) is 0. The average molecular weight is 278 g/mol. The van der Waals surface area contributed by atoms with Crippen LogP contribution in [0.4, 0.5) is 0 Å². The molecule has 0 bridgehead atoms. The Hall–Kier alpha value is 0.828. The van der Waals surface area contributed by atoms with E-state index in [1.165, 1.54) is 0 Å². The molecule has 0 spiro atoms. The van der Waals surface area contributed by atoms with Gasteiger partial charge in [0.2, 0.25) is 0 Å². The Bertz CT molecular complexity index is 183. The zero-order valence-electron chi connectivity index (χ0n) is 12.1. The van der Waals surface area contributed by atoms with Crippen molar-refractivity contribution in [1.82, 2.24) is 0 Å². The first kappa shape index (κ1) is 15.8. The fourth-order valence-electron chi connectivity index (χ4n) is 1.85. The van der Waals surface area contributed by atoms with Crippen LogP contribution in [0.15, 0.2) is 0 Å². The van der Waals surface area contributed by atoms with Crippen molar-refractivity contribution >= 4 is 31.3 Å². The van der Waals surface area contributed by atoms with E-state index < -0.39 is 23.5 Å². The standard InChI is InChI=1S/C10H29OSi4/c1-13(2,3)11-10-12(14(4,5)6)15(7,8)9/h10H2,1-9H3. The molecule has 0 atom stereocenters. The third-order valence-electron chi connectivity index (χ3n) is 2.46. The Morgan fingerprint density at radius 2 is 1.07 bits per heavy atom. The molecule has 0 aromatic carbocycles. The van der Waals surface area contributed by atoms with Gasteiger partial charge < -0.3 is 4.43 Å². The van der Waals surface area contributed by atoms with Crippen LogP contribution in [-0.4, -0.2) is 37.6 Å². The molecule has 0 N–H and O–H groups in total. The minimum absolute atomic E-state index is 0.218. The number of hydrogen-bond donors (Lipinski definition) is 0. The zero-order chi connectivity index (χ0) is 12.5. The van der Waals surface area contributed by atoms with Crippen LogP contribution in [-0.2, 0) is 4.43 Å². The summed E-state index contributed by atoms with van der Waals surface area (Å²) in [6.07, 6.45) is 1.13. The predicted molar refractivity (Wildman–Crippen MR) is 81.7 cm³/mol.